The minimum Gasteiger partial charge on any atom is -0.475 e. The van der Waals surface area contributed by atoms with Crippen molar-refractivity contribution in [1.82, 2.24) is 19.8 Å². The zero-order valence-electron chi connectivity index (χ0n) is 8.74. The van der Waals surface area contributed by atoms with Gasteiger partial charge in [0, 0.05) is 5.56 Å². The Labute approximate surface area is 103 Å². The molecule has 0 unspecified atom stereocenters. The van der Waals surface area contributed by atoms with Crippen LogP contribution in [-0.4, -0.2) is 30.9 Å². The van der Waals surface area contributed by atoms with E-state index in [4.69, 9.17) is 5.11 Å². The molecule has 1 aromatic carbocycles. The van der Waals surface area contributed by atoms with E-state index in [0.717, 1.165) is 15.9 Å². The lowest BCUT2D eigenvalue weighted by Gasteiger charge is -1.94. The lowest BCUT2D eigenvalue weighted by molar-refractivity contribution is 0.0680. The Hall–Kier alpha value is -2.35. The van der Waals surface area contributed by atoms with Crippen molar-refractivity contribution in [2.45, 2.75) is 0 Å². The van der Waals surface area contributed by atoms with Gasteiger partial charge in [0.2, 0.25) is 4.96 Å². The summed E-state index contributed by atoms with van der Waals surface area (Å²) in [5, 5.41) is 20.6. The standard InChI is InChI=1S/C10H5FN4O2S/c11-6-3-1-2-5(4-6)8-14-15-7(9(16)17)12-13-10(15)18-8/h1-4H,(H,16,17). The highest BCUT2D eigenvalue weighted by molar-refractivity contribution is 7.19. The summed E-state index contributed by atoms with van der Waals surface area (Å²) in [6.45, 7) is 0. The number of hydrogen-bond donors (Lipinski definition) is 1. The number of halogens is 1. The molecule has 3 aromatic rings. The van der Waals surface area contributed by atoms with Crippen LogP contribution in [0.4, 0.5) is 4.39 Å². The Bertz CT molecular complexity index is 751. The van der Waals surface area contributed by atoms with Crippen molar-refractivity contribution in [3.05, 3.63) is 35.9 Å². The maximum atomic E-state index is 13.1. The molecule has 6 nitrogen and oxygen atoms in total. The molecule has 0 saturated carbocycles. The summed E-state index contributed by atoms with van der Waals surface area (Å²) in [4.78, 5) is 11.2. The lowest BCUT2D eigenvalue weighted by atomic mass is 10.2. The fourth-order valence-electron chi connectivity index (χ4n) is 1.49. The quantitative estimate of drug-likeness (QED) is 0.761. The van der Waals surface area contributed by atoms with Crippen LogP contribution in [-0.2, 0) is 0 Å². The van der Waals surface area contributed by atoms with Gasteiger partial charge in [0.15, 0.2) is 0 Å². The SMILES string of the molecule is O=C(O)c1nnc2sc(-c3cccc(F)c3)nn12. The number of carboxylic acid groups (broad SMARTS) is 1. The number of carboxylic acids is 1. The number of fused-ring (bicyclic) bond motifs is 1. The fraction of sp³-hybridized carbons (Fsp3) is 0. The predicted octanol–water partition coefficient (Wildman–Crippen LogP) is 1.69. The van der Waals surface area contributed by atoms with Gasteiger partial charge in [-0.1, -0.05) is 23.5 Å². The second kappa shape index (κ2) is 3.84. The molecule has 90 valence electrons. The fourth-order valence-corrected chi connectivity index (χ4v) is 2.32. The molecule has 18 heavy (non-hydrogen) atoms. The van der Waals surface area contributed by atoms with Gasteiger partial charge < -0.3 is 5.11 Å². The Morgan fingerprint density at radius 2 is 2.22 bits per heavy atom. The minimum atomic E-state index is -1.21. The molecule has 0 atom stereocenters. The molecule has 0 amide bonds. The van der Waals surface area contributed by atoms with Crippen LogP contribution in [0.5, 0.6) is 0 Å². The van der Waals surface area contributed by atoms with Crippen LogP contribution in [0.25, 0.3) is 15.5 Å². The van der Waals surface area contributed by atoms with Crippen LogP contribution in [0.1, 0.15) is 10.6 Å². The molecule has 8 heteroatoms. The summed E-state index contributed by atoms with van der Waals surface area (Å²) in [7, 11) is 0. The van der Waals surface area contributed by atoms with Gasteiger partial charge in [-0.05, 0) is 12.1 Å². The highest BCUT2D eigenvalue weighted by Gasteiger charge is 2.17. The van der Waals surface area contributed by atoms with Gasteiger partial charge in [-0.25, -0.2) is 9.18 Å². The predicted molar refractivity (Wildman–Crippen MR) is 61.0 cm³/mol. The van der Waals surface area contributed by atoms with Gasteiger partial charge in [0.05, 0.1) is 0 Å². The van der Waals surface area contributed by atoms with E-state index in [9.17, 15) is 9.18 Å². The molecule has 3 rings (SSSR count). The van der Waals surface area contributed by atoms with Gasteiger partial charge in [0.1, 0.15) is 10.8 Å². The third-order valence-electron chi connectivity index (χ3n) is 2.25. The molecule has 0 fully saturated rings. The molecule has 0 bridgehead atoms. The number of benzene rings is 1. The average Bonchev–Trinajstić information content (AvgIpc) is 2.87. The number of aromatic carboxylic acids is 1. The Kier molecular flexibility index (Phi) is 2.30. The molecule has 0 radical (unpaired) electrons. The van der Waals surface area contributed by atoms with Crippen molar-refractivity contribution in [2.24, 2.45) is 0 Å². The third kappa shape index (κ3) is 1.63. The molecule has 0 spiro atoms. The molecule has 2 aromatic heterocycles. The van der Waals surface area contributed by atoms with Crippen molar-refractivity contribution >= 4 is 22.3 Å². The van der Waals surface area contributed by atoms with Crippen molar-refractivity contribution in [1.29, 1.82) is 0 Å². The molecular formula is C10H5FN4O2S. The smallest absolute Gasteiger partial charge is 0.375 e. The first-order valence-electron chi connectivity index (χ1n) is 4.86. The highest BCUT2D eigenvalue weighted by Crippen LogP contribution is 2.25. The first kappa shape index (κ1) is 10.8. The lowest BCUT2D eigenvalue weighted by Crippen LogP contribution is -2.04. The van der Waals surface area contributed by atoms with Crippen molar-refractivity contribution in [2.75, 3.05) is 0 Å². The van der Waals surface area contributed by atoms with Crippen LogP contribution >= 0.6 is 11.3 Å². The molecule has 2 heterocycles. The maximum Gasteiger partial charge on any atom is 0.375 e. The van der Waals surface area contributed by atoms with E-state index in [1.807, 2.05) is 0 Å². The number of rotatable bonds is 2. The highest BCUT2D eigenvalue weighted by atomic mass is 32.1. The van der Waals surface area contributed by atoms with Crippen molar-refractivity contribution in [3.8, 4) is 10.6 Å². The normalized spacial score (nSPS) is 10.9. The van der Waals surface area contributed by atoms with Gasteiger partial charge >= 0.3 is 5.97 Å². The average molecular weight is 264 g/mol. The van der Waals surface area contributed by atoms with Crippen LogP contribution < -0.4 is 0 Å². The summed E-state index contributed by atoms with van der Waals surface area (Å²) in [5.41, 5.74) is 0.571. The van der Waals surface area contributed by atoms with Gasteiger partial charge in [-0.15, -0.1) is 10.2 Å². The van der Waals surface area contributed by atoms with Crippen molar-refractivity contribution in [3.63, 3.8) is 0 Å². The van der Waals surface area contributed by atoms with E-state index >= 15 is 0 Å². The second-order valence-electron chi connectivity index (χ2n) is 3.44. The summed E-state index contributed by atoms with van der Waals surface area (Å²) >= 11 is 1.15. The zero-order valence-corrected chi connectivity index (χ0v) is 9.56. The summed E-state index contributed by atoms with van der Waals surface area (Å²) in [6.07, 6.45) is 0. The van der Waals surface area contributed by atoms with E-state index in [0.29, 0.717) is 15.5 Å². The monoisotopic (exact) mass is 264 g/mol. The van der Waals surface area contributed by atoms with Crippen LogP contribution in [0, 0.1) is 5.82 Å². The largest absolute Gasteiger partial charge is 0.475 e. The Morgan fingerprint density at radius 1 is 1.39 bits per heavy atom. The number of nitrogens with zero attached hydrogens (tertiary/aromatic N) is 4. The van der Waals surface area contributed by atoms with E-state index in [2.05, 4.69) is 15.3 Å². The van der Waals surface area contributed by atoms with Crippen LogP contribution in [0.15, 0.2) is 24.3 Å². The Morgan fingerprint density at radius 3 is 2.94 bits per heavy atom. The van der Waals surface area contributed by atoms with E-state index < -0.39 is 5.97 Å². The number of aromatic nitrogens is 4. The second-order valence-corrected chi connectivity index (χ2v) is 4.40. The summed E-state index contributed by atoms with van der Waals surface area (Å²) < 4.78 is 14.2. The number of hydrogen-bond acceptors (Lipinski definition) is 5. The molecule has 0 aliphatic rings. The molecule has 1 N–H and O–H groups in total. The van der Waals surface area contributed by atoms with Crippen molar-refractivity contribution < 1.29 is 14.3 Å². The number of carbonyl (C=O) groups is 1. The Balaban J connectivity index is 2.17. The van der Waals surface area contributed by atoms with E-state index in [1.54, 1.807) is 12.1 Å². The van der Waals surface area contributed by atoms with E-state index in [1.165, 1.54) is 12.1 Å². The summed E-state index contributed by atoms with van der Waals surface area (Å²) in [6, 6.07) is 5.90. The van der Waals surface area contributed by atoms with Gasteiger partial charge in [-0.3, -0.25) is 0 Å². The van der Waals surface area contributed by atoms with E-state index in [-0.39, 0.29) is 11.6 Å². The molecular weight excluding hydrogens is 259 g/mol. The zero-order chi connectivity index (χ0) is 12.7. The van der Waals surface area contributed by atoms with Gasteiger partial charge in [-0.2, -0.15) is 9.61 Å². The molecule has 0 saturated heterocycles. The van der Waals surface area contributed by atoms with Crippen LogP contribution in [0.2, 0.25) is 0 Å². The first-order chi connectivity index (χ1) is 8.65. The topological polar surface area (TPSA) is 80.4 Å². The minimum absolute atomic E-state index is 0.260. The molecule has 0 aliphatic carbocycles. The summed E-state index contributed by atoms with van der Waals surface area (Å²) in [5.74, 6) is -1.85. The van der Waals surface area contributed by atoms with Crippen LogP contribution in [0.3, 0.4) is 0 Å². The third-order valence-corrected chi connectivity index (χ3v) is 3.20. The van der Waals surface area contributed by atoms with Gasteiger partial charge in [0.25, 0.3) is 5.82 Å². The first-order valence-corrected chi connectivity index (χ1v) is 5.68. The maximum absolute atomic E-state index is 13.1. The molecule has 0 aliphatic heterocycles.